The molecule has 1 aromatic heterocycles. The number of nitrogens with one attached hydrogen (secondary N) is 1. The fourth-order valence-corrected chi connectivity index (χ4v) is 2.05. The molecule has 98 valence electrons. The zero-order valence-electron chi connectivity index (χ0n) is 10.4. The molecule has 2 aromatic rings. The third-order valence-corrected chi connectivity index (χ3v) is 3.04. The van der Waals surface area contributed by atoms with Crippen LogP contribution in [0.5, 0.6) is 0 Å². The molecular weight excluding hydrogens is 274 g/mol. The summed E-state index contributed by atoms with van der Waals surface area (Å²) in [6, 6.07) is 10.8. The second-order valence-electron chi connectivity index (χ2n) is 4.24. The normalized spacial score (nSPS) is 16.1. The monoisotopic (exact) mass is 283 g/mol. The first-order valence-corrected chi connectivity index (χ1v) is 6.38. The minimum absolute atomic E-state index is 0.225. The van der Waals surface area contributed by atoms with Gasteiger partial charge in [0.2, 0.25) is 0 Å². The van der Waals surface area contributed by atoms with Crippen LogP contribution in [0.2, 0.25) is 5.02 Å². The summed E-state index contributed by atoms with van der Waals surface area (Å²) in [4.78, 5) is 20.1. The van der Waals surface area contributed by atoms with Gasteiger partial charge in [-0.2, -0.15) is 0 Å². The average molecular weight is 284 g/mol. The van der Waals surface area contributed by atoms with E-state index in [0.29, 0.717) is 16.6 Å². The van der Waals surface area contributed by atoms with Crippen molar-refractivity contribution in [1.29, 1.82) is 0 Å². The number of amidine groups is 1. The van der Waals surface area contributed by atoms with Crippen LogP contribution in [0.1, 0.15) is 11.1 Å². The number of carbonyl (C=O) groups excluding carboxylic acids is 1. The molecule has 0 unspecified atom stereocenters. The van der Waals surface area contributed by atoms with Crippen LogP contribution in [-0.4, -0.2) is 16.7 Å². The zero-order valence-corrected chi connectivity index (χ0v) is 11.1. The Hall–Kier alpha value is -2.46. The van der Waals surface area contributed by atoms with Gasteiger partial charge in [0, 0.05) is 23.0 Å². The first kappa shape index (κ1) is 12.6. The standard InChI is InChI=1S/C15H10ClN3O/c16-12-3-1-2-11(9-12)14-18-13(15(20)19-14)8-10-4-6-17-7-5-10/h1-9H,(H,18,19,20)/b13-8+. The van der Waals surface area contributed by atoms with Crippen LogP contribution in [0.3, 0.4) is 0 Å². The number of hydrogen-bond acceptors (Lipinski definition) is 3. The largest absolute Gasteiger partial charge is 0.305 e. The molecule has 20 heavy (non-hydrogen) atoms. The number of rotatable bonds is 2. The fraction of sp³-hybridized carbons (Fsp3) is 0. The Bertz CT molecular complexity index is 723. The second kappa shape index (κ2) is 5.27. The molecule has 1 aromatic carbocycles. The molecule has 0 spiro atoms. The Balaban J connectivity index is 1.95. The van der Waals surface area contributed by atoms with Crippen molar-refractivity contribution in [2.75, 3.05) is 0 Å². The molecule has 0 radical (unpaired) electrons. The Morgan fingerprint density at radius 1 is 1.15 bits per heavy atom. The Kier molecular flexibility index (Phi) is 3.31. The summed E-state index contributed by atoms with van der Waals surface area (Å²) >= 11 is 5.94. The van der Waals surface area contributed by atoms with Gasteiger partial charge in [0.15, 0.2) is 0 Å². The molecule has 5 heteroatoms. The highest BCUT2D eigenvalue weighted by molar-refractivity contribution is 6.31. The molecule has 0 bridgehead atoms. The molecule has 0 atom stereocenters. The van der Waals surface area contributed by atoms with Gasteiger partial charge >= 0.3 is 0 Å². The van der Waals surface area contributed by atoms with E-state index in [1.165, 1.54) is 0 Å². The lowest BCUT2D eigenvalue weighted by Crippen LogP contribution is -2.24. The van der Waals surface area contributed by atoms with E-state index in [2.05, 4.69) is 15.3 Å². The summed E-state index contributed by atoms with van der Waals surface area (Å²) in [6.07, 6.45) is 5.05. The van der Waals surface area contributed by atoms with Gasteiger partial charge in [0.25, 0.3) is 5.91 Å². The molecule has 1 aliphatic rings. The summed E-state index contributed by atoms with van der Waals surface area (Å²) in [5.41, 5.74) is 2.02. The second-order valence-corrected chi connectivity index (χ2v) is 4.67. The maximum absolute atomic E-state index is 11.9. The number of benzene rings is 1. The van der Waals surface area contributed by atoms with E-state index in [1.54, 1.807) is 30.6 Å². The van der Waals surface area contributed by atoms with E-state index in [-0.39, 0.29) is 5.91 Å². The van der Waals surface area contributed by atoms with Crippen molar-refractivity contribution in [3.63, 3.8) is 0 Å². The predicted molar refractivity (Wildman–Crippen MR) is 78.3 cm³/mol. The Morgan fingerprint density at radius 3 is 2.70 bits per heavy atom. The van der Waals surface area contributed by atoms with Crippen molar-refractivity contribution < 1.29 is 4.79 Å². The fourth-order valence-electron chi connectivity index (χ4n) is 1.86. The molecular formula is C15H10ClN3O. The van der Waals surface area contributed by atoms with Gasteiger partial charge in [-0.25, -0.2) is 4.99 Å². The number of carbonyl (C=O) groups is 1. The lowest BCUT2D eigenvalue weighted by atomic mass is 10.2. The number of amides is 1. The summed E-state index contributed by atoms with van der Waals surface area (Å²) in [5, 5.41) is 3.34. The van der Waals surface area contributed by atoms with Crippen LogP contribution in [0.4, 0.5) is 0 Å². The molecule has 0 saturated heterocycles. The number of halogens is 1. The van der Waals surface area contributed by atoms with E-state index in [1.807, 2.05) is 24.3 Å². The van der Waals surface area contributed by atoms with Crippen molar-refractivity contribution in [1.82, 2.24) is 10.3 Å². The molecule has 1 aliphatic heterocycles. The third kappa shape index (κ3) is 2.60. The van der Waals surface area contributed by atoms with E-state index < -0.39 is 0 Å². The van der Waals surface area contributed by atoms with Crippen LogP contribution < -0.4 is 5.32 Å². The van der Waals surface area contributed by atoms with Gasteiger partial charge in [-0.05, 0) is 35.9 Å². The SMILES string of the molecule is O=C1NC(c2cccc(Cl)c2)=N/C1=C/c1ccncc1. The summed E-state index contributed by atoms with van der Waals surface area (Å²) in [7, 11) is 0. The Morgan fingerprint density at radius 2 is 1.95 bits per heavy atom. The first-order chi connectivity index (χ1) is 9.72. The maximum Gasteiger partial charge on any atom is 0.275 e. The van der Waals surface area contributed by atoms with Gasteiger partial charge in [0.05, 0.1) is 0 Å². The molecule has 3 rings (SSSR count). The molecule has 4 nitrogen and oxygen atoms in total. The lowest BCUT2D eigenvalue weighted by molar-refractivity contribution is -0.115. The molecule has 1 N–H and O–H groups in total. The third-order valence-electron chi connectivity index (χ3n) is 2.80. The number of pyridine rings is 1. The van der Waals surface area contributed by atoms with Crippen molar-refractivity contribution in [3.05, 3.63) is 70.6 Å². The van der Waals surface area contributed by atoms with Crippen molar-refractivity contribution >= 4 is 29.4 Å². The van der Waals surface area contributed by atoms with Gasteiger partial charge < -0.3 is 5.32 Å². The van der Waals surface area contributed by atoms with E-state index >= 15 is 0 Å². The minimum atomic E-state index is -0.225. The number of nitrogens with zero attached hydrogens (tertiary/aromatic N) is 2. The van der Waals surface area contributed by atoms with E-state index in [0.717, 1.165) is 11.1 Å². The topological polar surface area (TPSA) is 54.4 Å². The molecule has 0 saturated carbocycles. The van der Waals surface area contributed by atoms with Crippen molar-refractivity contribution in [3.8, 4) is 0 Å². The average Bonchev–Trinajstić information content (AvgIpc) is 2.81. The highest BCUT2D eigenvalue weighted by Crippen LogP contribution is 2.17. The molecule has 0 aliphatic carbocycles. The molecule has 2 heterocycles. The number of aliphatic imine (C=N–C) groups is 1. The van der Waals surface area contributed by atoms with Gasteiger partial charge in [-0.1, -0.05) is 23.7 Å². The van der Waals surface area contributed by atoms with Gasteiger partial charge in [-0.15, -0.1) is 0 Å². The smallest absolute Gasteiger partial charge is 0.275 e. The van der Waals surface area contributed by atoms with Crippen LogP contribution in [-0.2, 0) is 4.79 Å². The maximum atomic E-state index is 11.9. The van der Waals surface area contributed by atoms with E-state index in [4.69, 9.17) is 11.6 Å². The van der Waals surface area contributed by atoms with Gasteiger partial charge in [-0.3, -0.25) is 9.78 Å². The van der Waals surface area contributed by atoms with Crippen LogP contribution in [0, 0.1) is 0 Å². The van der Waals surface area contributed by atoms with Crippen LogP contribution in [0.15, 0.2) is 59.5 Å². The highest BCUT2D eigenvalue weighted by Gasteiger charge is 2.21. The lowest BCUT2D eigenvalue weighted by Gasteiger charge is -2.00. The summed E-state index contributed by atoms with van der Waals surface area (Å²) in [6.45, 7) is 0. The van der Waals surface area contributed by atoms with E-state index in [9.17, 15) is 4.79 Å². The number of aromatic nitrogens is 1. The summed E-state index contributed by atoms with van der Waals surface area (Å²) < 4.78 is 0. The van der Waals surface area contributed by atoms with Gasteiger partial charge in [0.1, 0.15) is 11.5 Å². The van der Waals surface area contributed by atoms with Crippen LogP contribution in [0.25, 0.3) is 6.08 Å². The highest BCUT2D eigenvalue weighted by atomic mass is 35.5. The quantitative estimate of drug-likeness (QED) is 0.862. The molecule has 0 fully saturated rings. The summed E-state index contributed by atoms with van der Waals surface area (Å²) in [5.74, 6) is 0.287. The number of hydrogen-bond donors (Lipinski definition) is 1. The van der Waals surface area contributed by atoms with Crippen LogP contribution >= 0.6 is 11.6 Å². The first-order valence-electron chi connectivity index (χ1n) is 6.00. The van der Waals surface area contributed by atoms with Crippen molar-refractivity contribution in [2.24, 2.45) is 4.99 Å². The predicted octanol–water partition coefficient (Wildman–Crippen LogP) is 2.65. The Labute approximate surface area is 120 Å². The van der Waals surface area contributed by atoms with Crippen molar-refractivity contribution in [2.45, 2.75) is 0 Å². The zero-order chi connectivity index (χ0) is 13.9. The minimum Gasteiger partial charge on any atom is -0.305 e. The molecule has 1 amide bonds.